The average molecular weight is 324 g/mol. The van der Waals surface area contributed by atoms with Gasteiger partial charge < -0.3 is 9.64 Å². The molecule has 1 atom stereocenters. The molecule has 0 radical (unpaired) electrons. The van der Waals surface area contributed by atoms with Crippen LogP contribution in [0.25, 0.3) is 11.1 Å². The van der Waals surface area contributed by atoms with E-state index in [0.29, 0.717) is 0 Å². The maximum atomic E-state index is 5.90. The predicted molar refractivity (Wildman–Crippen MR) is 99.4 cm³/mol. The summed E-state index contributed by atoms with van der Waals surface area (Å²) < 4.78 is 5.90. The van der Waals surface area contributed by atoms with Crippen molar-refractivity contribution in [3.8, 4) is 16.9 Å². The number of aryl methyl sites for hydroxylation is 1. The van der Waals surface area contributed by atoms with Gasteiger partial charge in [0.15, 0.2) is 0 Å². The van der Waals surface area contributed by atoms with E-state index in [1.807, 2.05) is 19.2 Å². The molecular weight excluding hydrogens is 296 g/mol. The van der Waals surface area contributed by atoms with Crippen LogP contribution in [-0.4, -0.2) is 36.1 Å². The summed E-state index contributed by atoms with van der Waals surface area (Å²) in [6, 6.07) is 12.5. The molecule has 3 rings (SSSR count). The van der Waals surface area contributed by atoms with Gasteiger partial charge in [0.05, 0.1) is 6.61 Å². The van der Waals surface area contributed by atoms with Crippen LogP contribution in [0.2, 0.25) is 0 Å². The highest BCUT2D eigenvalue weighted by Gasteiger charge is 2.15. The first-order valence-electron chi connectivity index (χ1n) is 9.09. The maximum absolute atomic E-state index is 5.90. The number of likely N-dealkylation sites (tertiary alicyclic amines) is 1. The van der Waals surface area contributed by atoms with Crippen LogP contribution < -0.4 is 4.74 Å². The summed E-state index contributed by atoms with van der Waals surface area (Å²) in [4.78, 5) is 6.82. The highest BCUT2D eigenvalue weighted by molar-refractivity contribution is 5.64. The van der Waals surface area contributed by atoms with Crippen molar-refractivity contribution in [1.29, 1.82) is 0 Å². The zero-order valence-corrected chi connectivity index (χ0v) is 14.9. The molecule has 3 nitrogen and oxygen atoms in total. The fourth-order valence-electron chi connectivity index (χ4n) is 3.44. The first-order chi connectivity index (χ1) is 11.7. The Morgan fingerprint density at radius 3 is 2.75 bits per heavy atom. The highest BCUT2D eigenvalue weighted by atomic mass is 16.5. The lowest BCUT2D eigenvalue weighted by atomic mass is 10.0. The van der Waals surface area contributed by atoms with Gasteiger partial charge in [0.1, 0.15) is 5.75 Å². The molecule has 1 aromatic heterocycles. The molecule has 0 amide bonds. The Labute approximate surface area is 145 Å². The minimum absolute atomic E-state index is 0.790. The number of hydrogen-bond donors (Lipinski definition) is 0. The monoisotopic (exact) mass is 324 g/mol. The van der Waals surface area contributed by atoms with Crippen LogP contribution in [0.1, 0.15) is 31.9 Å². The van der Waals surface area contributed by atoms with Crippen molar-refractivity contribution >= 4 is 0 Å². The third-order valence-electron chi connectivity index (χ3n) is 4.71. The Hall–Kier alpha value is -1.87. The van der Waals surface area contributed by atoms with Gasteiger partial charge in [-0.05, 0) is 74.0 Å². The minimum Gasteiger partial charge on any atom is -0.494 e. The third-order valence-corrected chi connectivity index (χ3v) is 4.71. The number of rotatable bonds is 6. The quantitative estimate of drug-likeness (QED) is 0.729. The van der Waals surface area contributed by atoms with E-state index in [2.05, 4.69) is 47.1 Å². The van der Waals surface area contributed by atoms with E-state index in [1.54, 1.807) is 0 Å². The Bertz CT molecular complexity index is 639. The van der Waals surface area contributed by atoms with E-state index < -0.39 is 0 Å². The molecule has 3 heteroatoms. The first kappa shape index (κ1) is 17.0. The predicted octanol–water partition coefficient (Wildman–Crippen LogP) is 4.56. The van der Waals surface area contributed by atoms with Gasteiger partial charge in [-0.15, -0.1) is 0 Å². The number of pyridine rings is 1. The molecule has 0 N–H and O–H groups in total. The summed E-state index contributed by atoms with van der Waals surface area (Å²) in [5.74, 6) is 1.81. The molecule has 1 aliphatic heterocycles. The lowest BCUT2D eigenvalue weighted by Crippen LogP contribution is -2.35. The van der Waals surface area contributed by atoms with Crippen LogP contribution in [0, 0.1) is 12.8 Å². The van der Waals surface area contributed by atoms with Crippen LogP contribution in [0.3, 0.4) is 0 Å². The normalized spacial score (nSPS) is 18.5. The number of piperidine rings is 1. The highest BCUT2D eigenvalue weighted by Crippen LogP contribution is 2.22. The summed E-state index contributed by atoms with van der Waals surface area (Å²) >= 11 is 0. The van der Waals surface area contributed by atoms with Crippen molar-refractivity contribution in [2.45, 2.75) is 33.1 Å². The second kappa shape index (κ2) is 8.29. The molecule has 0 saturated carbocycles. The molecule has 1 aromatic carbocycles. The van der Waals surface area contributed by atoms with Gasteiger partial charge in [0, 0.05) is 25.0 Å². The molecule has 1 fully saturated rings. The van der Waals surface area contributed by atoms with Crippen molar-refractivity contribution < 1.29 is 4.74 Å². The number of benzene rings is 1. The zero-order chi connectivity index (χ0) is 16.8. The zero-order valence-electron chi connectivity index (χ0n) is 14.9. The van der Waals surface area contributed by atoms with Gasteiger partial charge in [-0.25, -0.2) is 0 Å². The molecule has 2 heterocycles. The standard InChI is InChI=1S/C21H28N2O/c1-17-5-3-12-23(16-17)13-4-14-24-21-8-6-19(7-9-21)20-10-11-22-18(2)15-20/h6-11,15,17H,3-5,12-14,16H2,1-2H3/t17-/m0/s1. The Morgan fingerprint density at radius 2 is 2.00 bits per heavy atom. The summed E-state index contributed by atoms with van der Waals surface area (Å²) in [7, 11) is 0. The smallest absolute Gasteiger partial charge is 0.119 e. The number of aromatic nitrogens is 1. The topological polar surface area (TPSA) is 25.4 Å². The summed E-state index contributed by atoms with van der Waals surface area (Å²) in [5.41, 5.74) is 3.45. The van der Waals surface area contributed by atoms with Crippen molar-refractivity contribution in [1.82, 2.24) is 9.88 Å². The molecule has 0 unspecified atom stereocenters. The van der Waals surface area contributed by atoms with E-state index in [0.717, 1.165) is 36.9 Å². The van der Waals surface area contributed by atoms with E-state index in [4.69, 9.17) is 4.74 Å². The SMILES string of the molecule is Cc1cc(-c2ccc(OCCCN3CCC[C@H](C)C3)cc2)ccn1. The molecule has 24 heavy (non-hydrogen) atoms. The van der Waals surface area contributed by atoms with Crippen LogP contribution in [0.15, 0.2) is 42.6 Å². The Kier molecular flexibility index (Phi) is 5.86. The molecule has 1 saturated heterocycles. The average Bonchev–Trinajstić information content (AvgIpc) is 2.59. The first-order valence-corrected chi connectivity index (χ1v) is 9.09. The lowest BCUT2D eigenvalue weighted by Gasteiger charge is -2.30. The molecule has 0 aliphatic carbocycles. The van der Waals surface area contributed by atoms with Crippen LogP contribution in [-0.2, 0) is 0 Å². The molecule has 2 aromatic rings. The van der Waals surface area contributed by atoms with Crippen LogP contribution in [0.5, 0.6) is 5.75 Å². The van der Waals surface area contributed by atoms with E-state index >= 15 is 0 Å². The van der Waals surface area contributed by atoms with Gasteiger partial charge in [0.25, 0.3) is 0 Å². The second-order valence-corrected chi connectivity index (χ2v) is 6.96. The second-order valence-electron chi connectivity index (χ2n) is 6.96. The van der Waals surface area contributed by atoms with E-state index in [-0.39, 0.29) is 0 Å². The van der Waals surface area contributed by atoms with Crippen molar-refractivity contribution in [2.24, 2.45) is 5.92 Å². The summed E-state index contributed by atoms with van der Waals surface area (Å²) in [5, 5.41) is 0. The van der Waals surface area contributed by atoms with Gasteiger partial charge in [0.2, 0.25) is 0 Å². The van der Waals surface area contributed by atoms with E-state index in [1.165, 1.54) is 37.1 Å². The van der Waals surface area contributed by atoms with Gasteiger partial charge >= 0.3 is 0 Å². The van der Waals surface area contributed by atoms with Crippen LogP contribution >= 0.6 is 0 Å². The minimum atomic E-state index is 0.790. The van der Waals surface area contributed by atoms with Crippen molar-refractivity contribution in [3.05, 3.63) is 48.3 Å². The molecule has 1 aliphatic rings. The fraction of sp³-hybridized carbons (Fsp3) is 0.476. The lowest BCUT2D eigenvalue weighted by molar-refractivity contribution is 0.170. The largest absolute Gasteiger partial charge is 0.494 e. The maximum Gasteiger partial charge on any atom is 0.119 e. The van der Waals surface area contributed by atoms with E-state index in [9.17, 15) is 0 Å². The number of nitrogens with zero attached hydrogens (tertiary/aromatic N) is 2. The van der Waals surface area contributed by atoms with Crippen molar-refractivity contribution in [3.63, 3.8) is 0 Å². The van der Waals surface area contributed by atoms with Crippen LogP contribution in [0.4, 0.5) is 0 Å². The fourth-order valence-corrected chi connectivity index (χ4v) is 3.44. The van der Waals surface area contributed by atoms with Gasteiger partial charge in [-0.1, -0.05) is 19.1 Å². The Balaban J connectivity index is 1.45. The molecule has 0 bridgehead atoms. The molecular formula is C21H28N2O. The summed E-state index contributed by atoms with van der Waals surface area (Å²) in [6.45, 7) is 8.82. The van der Waals surface area contributed by atoms with Gasteiger partial charge in [-0.3, -0.25) is 4.98 Å². The molecule has 0 spiro atoms. The summed E-state index contributed by atoms with van der Waals surface area (Å²) in [6.07, 6.45) is 5.68. The number of ether oxygens (including phenoxy) is 1. The molecule has 128 valence electrons. The number of hydrogen-bond acceptors (Lipinski definition) is 3. The Morgan fingerprint density at radius 1 is 1.17 bits per heavy atom. The van der Waals surface area contributed by atoms with Gasteiger partial charge in [-0.2, -0.15) is 0 Å². The third kappa shape index (κ3) is 4.81. The van der Waals surface area contributed by atoms with Crippen molar-refractivity contribution in [2.75, 3.05) is 26.2 Å².